The van der Waals surface area contributed by atoms with Crippen molar-refractivity contribution in [1.29, 1.82) is 0 Å². The van der Waals surface area contributed by atoms with E-state index in [1.807, 2.05) is 6.08 Å². The standard InChI is InChI=1S/C23H32O/c1-5-6-20-14(2)12-21-22-15(3)11-16-13-17(24)7-8-18(16)19(22)9-10-23(20,21)4/h5-6,13,15,18-22H,2,7-12H2,1,3-4H3/b6-5+/t15-,18-,19+,20+,21-,22+,23+/m0/s1. The number of rotatable bonds is 1. The third-order valence-electron chi connectivity index (χ3n) is 8.10. The van der Waals surface area contributed by atoms with Crippen molar-refractivity contribution in [1.82, 2.24) is 0 Å². The zero-order valence-electron chi connectivity index (χ0n) is 15.6. The molecule has 0 aliphatic heterocycles. The van der Waals surface area contributed by atoms with Crippen molar-refractivity contribution < 1.29 is 4.79 Å². The highest BCUT2D eigenvalue weighted by molar-refractivity contribution is 5.91. The second-order valence-electron chi connectivity index (χ2n) is 9.27. The molecule has 0 aromatic carbocycles. The van der Waals surface area contributed by atoms with Gasteiger partial charge in [0.05, 0.1) is 0 Å². The van der Waals surface area contributed by atoms with E-state index in [-0.39, 0.29) is 0 Å². The molecule has 4 rings (SSSR count). The lowest BCUT2D eigenvalue weighted by Crippen LogP contribution is -2.49. The van der Waals surface area contributed by atoms with Crippen LogP contribution < -0.4 is 0 Å². The van der Waals surface area contributed by atoms with Gasteiger partial charge >= 0.3 is 0 Å². The van der Waals surface area contributed by atoms with Crippen molar-refractivity contribution in [3.05, 3.63) is 36.0 Å². The van der Waals surface area contributed by atoms with Gasteiger partial charge in [-0.15, -0.1) is 0 Å². The van der Waals surface area contributed by atoms with Crippen molar-refractivity contribution >= 4 is 5.78 Å². The van der Waals surface area contributed by atoms with E-state index in [1.165, 1.54) is 30.4 Å². The van der Waals surface area contributed by atoms with E-state index < -0.39 is 0 Å². The topological polar surface area (TPSA) is 17.1 Å². The third-order valence-corrected chi connectivity index (χ3v) is 8.10. The van der Waals surface area contributed by atoms with E-state index in [9.17, 15) is 4.79 Å². The summed E-state index contributed by atoms with van der Waals surface area (Å²) < 4.78 is 0. The SMILES string of the molecule is C=C1C[C@H]2[C@H]3[C@H](CC[C@]2(C)[C@@H]1/C=C/C)[C@H]1CCC(=O)C=C1C[C@@H]3C. The Balaban J connectivity index is 1.69. The third kappa shape index (κ3) is 2.23. The minimum absolute atomic E-state index is 0.370. The molecule has 0 radical (unpaired) electrons. The molecule has 7 atom stereocenters. The number of allylic oxidation sites excluding steroid dienone is 4. The number of carbonyl (C=O) groups excluding carboxylic acids is 1. The van der Waals surface area contributed by atoms with Crippen LogP contribution in [0.2, 0.25) is 0 Å². The number of hydrogen-bond acceptors (Lipinski definition) is 1. The Hall–Kier alpha value is -1.11. The van der Waals surface area contributed by atoms with Gasteiger partial charge in [0.1, 0.15) is 0 Å². The number of ketones is 1. The molecule has 3 saturated carbocycles. The molecule has 24 heavy (non-hydrogen) atoms. The lowest BCUT2D eigenvalue weighted by atomic mass is 9.49. The Kier molecular flexibility index (Phi) is 3.90. The molecule has 3 fully saturated rings. The highest BCUT2D eigenvalue weighted by atomic mass is 16.1. The van der Waals surface area contributed by atoms with Crippen molar-refractivity contribution in [2.24, 2.45) is 40.9 Å². The maximum Gasteiger partial charge on any atom is 0.155 e. The van der Waals surface area contributed by atoms with Gasteiger partial charge < -0.3 is 0 Å². The maximum absolute atomic E-state index is 11.9. The molecule has 4 aliphatic rings. The van der Waals surface area contributed by atoms with Crippen molar-refractivity contribution in [3.63, 3.8) is 0 Å². The fourth-order valence-corrected chi connectivity index (χ4v) is 7.14. The van der Waals surface area contributed by atoms with Crippen LogP contribution in [0.5, 0.6) is 0 Å². The predicted octanol–water partition coefficient (Wildman–Crippen LogP) is 5.73. The first-order valence-corrected chi connectivity index (χ1v) is 9.99. The fraction of sp³-hybridized carbons (Fsp3) is 0.696. The average Bonchev–Trinajstić information content (AvgIpc) is 2.78. The molecule has 1 nitrogen and oxygen atoms in total. The zero-order valence-corrected chi connectivity index (χ0v) is 15.6. The Morgan fingerprint density at radius 1 is 1.29 bits per heavy atom. The van der Waals surface area contributed by atoms with Crippen LogP contribution in [-0.4, -0.2) is 5.78 Å². The van der Waals surface area contributed by atoms with E-state index in [0.29, 0.717) is 29.0 Å². The molecule has 0 N–H and O–H groups in total. The molecule has 1 heteroatoms. The number of fused-ring (bicyclic) bond motifs is 5. The summed E-state index contributed by atoms with van der Waals surface area (Å²) in [5.41, 5.74) is 3.36. The normalized spacial score (nSPS) is 48.0. The van der Waals surface area contributed by atoms with Gasteiger partial charge in [-0.3, -0.25) is 4.79 Å². The second kappa shape index (κ2) is 5.71. The highest BCUT2D eigenvalue weighted by Crippen LogP contribution is 2.66. The molecule has 0 bridgehead atoms. The largest absolute Gasteiger partial charge is 0.295 e. The van der Waals surface area contributed by atoms with Crippen LogP contribution in [0, 0.1) is 40.9 Å². The van der Waals surface area contributed by atoms with Crippen LogP contribution in [0.1, 0.15) is 59.3 Å². The first-order chi connectivity index (χ1) is 11.5. The van der Waals surface area contributed by atoms with Gasteiger partial charge in [-0.25, -0.2) is 0 Å². The quantitative estimate of drug-likeness (QED) is 0.563. The van der Waals surface area contributed by atoms with Crippen molar-refractivity contribution in [2.45, 2.75) is 59.3 Å². The summed E-state index contributed by atoms with van der Waals surface area (Å²) in [5.74, 6) is 4.78. The molecule has 0 spiro atoms. The second-order valence-corrected chi connectivity index (χ2v) is 9.27. The summed E-state index contributed by atoms with van der Waals surface area (Å²) in [6.07, 6.45) is 13.6. The van der Waals surface area contributed by atoms with E-state index in [2.05, 4.69) is 39.5 Å². The molecule has 0 amide bonds. The Morgan fingerprint density at radius 2 is 2.08 bits per heavy atom. The molecule has 0 aromatic rings. The Bertz CT molecular complexity index is 624. The van der Waals surface area contributed by atoms with Crippen LogP contribution >= 0.6 is 0 Å². The first-order valence-electron chi connectivity index (χ1n) is 9.99. The van der Waals surface area contributed by atoms with Crippen molar-refractivity contribution in [2.75, 3.05) is 0 Å². The summed E-state index contributed by atoms with van der Waals surface area (Å²) in [4.78, 5) is 11.9. The summed E-state index contributed by atoms with van der Waals surface area (Å²) in [6.45, 7) is 11.6. The molecule has 130 valence electrons. The van der Waals surface area contributed by atoms with E-state index in [4.69, 9.17) is 0 Å². The van der Waals surface area contributed by atoms with E-state index >= 15 is 0 Å². The minimum atomic E-state index is 0.370. The molecular weight excluding hydrogens is 292 g/mol. The zero-order chi connectivity index (χ0) is 17.1. The molecule has 0 unspecified atom stereocenters. The Labute approximate surface area is 147 Å². The monoisotopic (exact) mass is 324 g/mol. The van der Waals surface area contributed by atoms with Gasteiger partial charge in [-0.2, -0.15) is 0 Å². The van der Waals surface area contributed by atoms with Gasteiger partial charge in [-0.1, -0.05) is 43.7 Å². The lowest BCUT2D eigenvalue weighted by molar-refractivity contribution is -0.116. The van der Waals surface area contributed by atoms with Gasteiger partial charge in [0.15, 0.2) is 5.78 Å². The number of hydrogen-bond donors (Lipinski definition) is 0. The minimum Gasteiger partial charge on any atom is -0.295 e. The molecule has 0 heterocycles. The van der Waals surface area contributed by atoms with Crippen LogP contribution in [0.4, 0.5) is 0 Å². The maximum atomic E-state index is 11.9. The Morgan fingerprint density at radius 3 is 2.83 bits per heavy atom. The van der Waals surface area contributed by atoms with Gasteiger partial charge in [0.2, 0.25) is 0 Å². The lowest BCUT2D eigenvalue weighted by Gasteiger charge is -2.56. The van der Waals surface area contributed by atoms with Crippen LogP contribution in [0.15, 0.2) is 36.0 Å². The van der Waals surface area contributed by atoms with Gasteiger partial charge in [-0.05, 0) is 80.1 Å². The van der Waals surface area contributed by atoms with Gasteiger partial charge in [0.25, 0.3) is 0 Å². The summed E-state index contributed by atoms with van der Waals surface area (Å²) in [5, 5.41) is 0. The van der Waals surface area contributed by atoms with Crippen molar-refractivity contribution in [3.8, 4) is 0 Å². The highest BCUT2D eigenvalue weighted by Gasteiger charge is 2.58. The molecule has 0 aromatic heterocycles. The molecule has 4 aliphatic carbocycles. The molecular formula is C23H32O. The van der Waals surface area contributed by atoms with E-state index in [1.54, 1.807) is 0 Å². The van der Waals surface area contributed by atoms with Crippen LogP contribution in [0.25, 0.3) is 0 Å². The summed E-state index contributed by atoms with van der Waals surface area (Å²) in [6, 6.07) is 0. The summed E-state index contributed by atoms with van der Waals surface area (Å²) in [7, 11) is 0. The number of carbonyl (C=O) groups is 1. The van der Waals surface area contributed by atoms with Gasteiger partial charge in [0, 0.05) is 12.3 Å². The average molecular weight is 325 g/mol. The first kappa shape index (κ1) is 16.4. The predicted molar refractivity (Wildman–Crippen MR) is 99.5 cm³/mol. The summed E-state index contributed by atoms with van der Waals surface area (Å²) >= 11 is 0. The van der Waals surface area contributed by atoms with E-state index in [0.717, 1.165) is 37.0 Å². The van der Waals surface area contributed by atoms with Crippen LogP contribution in [0.3, 0.4) is 0 Å². The smallest absolute Gasteiger partial charge is 0.155 e. The molecule has 0 saturated heterocycles. The fourth-order valence-electron chi connectivity index (χ4n) is 7.14. The van der Waals surface area contributed by atoms with Crippen LogP contribution in [-0.2, 0) is 4.79 Å².